The second-order valence-corrected chi connectivity index (χ2v) is 7.09. The van der Waals surface area contributed by atoms with Crippen LogP contribution in [0.25, 0.3) is 11.0 Å². The molecule has 1 saturated heterocycles. The van der Waals surface area contributed by atoms with E-state index in [0.717, 1.165) is 46.2 Å². The van der Waals surface area contributed by atoms with Gasteiger partial charge in [-0.05, 0) is 49.7 Å². The number of aromatic amines is 1. The lowest BCUT2D eigenvalue weighted by atomic mass is 10.0. The fraction of sp³-hybridized carbons (Fsp3) is 0.350. The summed E-state index contributed by atoms with van der Waals surface area (Å²) in [5.41, 5.74) is 4.39. The average Bonchev–Trinajstić information content (AvgIpc) is 3.25. The predicted octanol–water partition coefficient (Wildman–Crippen LogP) is 4.41. The van der Waals surface area contributed by atoms with Gasteiger partial charge in [0.2, 0.25) is 0 Å². The SMILES string of the molecule is COc1cc2nc(CN3CCCC3)[nH]c2cc1Cc1ccc(Cl)cc1. The molecule has 0 radical (unpaired) electrons. The molecule has 0 spiro atoms. The first-order valence-corrected chi connectivity index (χ1v) is 9.11. The molecule has 2 aromatic carbocycles. The topological polar surface area (TPSA) is 41.1 Å². The normalized spacial score (nSPS) is 15.1. The Hall–Kier alpha value is -2.04. The molecule has 0 atom stereocenters. The summed E-state index contributed by atoms with van der Waals surface area (Å²) in [6.45, 7) is 3.23. The molecule has 130 valence electrons. The molecule has 0 saturated carbocycles. The Bertz CT molecular complexity index is 867. The smallest absolute Gasteiger partial charge is 0.124 e. The van der Waals surface area contributed by atoms with Crippen LogP contribution in [0.15, 0.2) is 36.4 Å². The van der Waals surface area contributed by atoms with Crippen LogP contribution in [-0.4, -0.2) is 35.1 Å². The van der Waals surface area contributed by atoms with Gasteiger partial charge in [-0.1, -0.05) is 23.7 Å². The minimum Gasteiger partial charge on any atom is -0.496 e. The molecule has 4 nitrogen and oxygen atoms in total. The molecule has 1 fully saturated rings. The third kappa shape index (κ3) is 3.65. The number of fused-ring (bicyclic) bond motifs is 1. The highest BCUT2D eigenvalue weighted by Crippen LogP contribution is 2.27. The maximum atomic E-state index is 5.98. The van der Waals surface area contributed by atoms with Crippen molar-refractivity contribution in [2.45, 2.75) is 25.8 Å². The Balaban J connectivity index is 1.62. The molecule has 4 rings (SSSR count). The Kier molecular flexibility index (Phi) is 4.64. The van der Waals surface area contributed by atoms with Gasteiger partial charge in [0.1, 0.15) is 11.6 Å². The molecular formula is C20H22ClN3O. The molecule has 1 N–H and O–H groups in total. The first kappa shape index (κ1) is 16.4. The minimum absolute atomic E-state index is 0.756. The van der Waals surface area contributed by atoms with Crippen molar-refractivity contribution in [3.8, 4) is 5.75 Å². The highest BCUT2D eigenvalue weighted by molar-refractivity contribution is 6.30. The van der Waals surface area contributed by atoms with Gasteiger partial charge in [0.15, 0.2) is 0 Å². The van der Waals surface area contributed by atoms with E-state index in [1.807, 2.05) is 18.2 Å². The molecule has 0 amide bonds. The van der Waals surface area contributed by atoms with Crippen molar-refractivity contribution in [2.24, 2.45) is 0 Å². The van der Waals surface area contributed by atoms with Gasteiger partial charge in [0.05, 0.1) is 24.7 Å². The zero-order chi connectivity index (χ0) is 17.2. The molecule has 1 aliphatic rings. The van der Waals surface area contributed by atoms with Crippen LogP contribution in [0.1, 0.15) is 29.8 Å². The van der Waals surface area contributed by atoms with Gasteiger partial charge in [0.25, 0.3) is 0 Å². The number of likely N-dealkylation sites (tertiary alicyclic amines) is 1. The largest absolute Gasteiger partial charge is 0.496 e. The fourth-order valence-electron chi connectivity index (χ4n) is 3.51. The summed E-state index contributed by atoms with van der Waals surface area (Å²) in [5.74, 6) is 1.91. The molecule has 1 aromatic heterocycles. The first-order valence-electron chi connectivity index (χ1n) is 8.73. The van der Waals surface area contributed by atoms with E-state index in [9.17, 15) is 0 Å². The number of halogens is 1. The average molecular weight is 356 g/mol. The van der Waals surface area contributed by atoms with E-state index in [1.54, 1.807) is 7.11 Å². The lowest BCUT2D eigenvalue weighted by Gasteiger charge is -2.11. The van der Waals surface area contributed by atoms with Crippen LogP contribution in [-0.2, 0) is 13.0 Å². The van der Waals surface area contributed by atoms with Gasteiger partial charge in [0, 0.05) is 23.1 Å². The summed E-state index contributed by atoms with van der Waals surface area (Å²) in [6, 6.07) is 12.1. The van der Waals surface area contributed by atoms with E-state index in [4.69, 9.17) is 21.3 Å². The van der Waals surface area contributed by atoms with Crippen LogP contribution < -0.4 is 4.74 Å². The Morgan fingerprint density at radius 3 is 2.64 bits per heavy atom. The molecule has 5 heteroatoms. The highest BCUT2D eigenvalue weighted by Gasteiger charge is 2.15. The number of methoxy groups -OCH3 is 1. The number of aromatic nitrogens is 2. The number of hydrogen-bond donors (Lipinski definition) is 1. The van der Waals surface area contributed by atoms with Crippen molar-refractivity contribution >= 4 is 22.6 Å². The lowest BCUT2D eigenvalue weighted by molar-refractivity contribution is 0.324. The summed E-state index contributed by atoms with van der Waals surface area (Å²) in [7, 11) is 1.71. The van der Waals surface area contributed by atoms with E-state index in [-0.39, 0.29) is 0 Å². The molecule has 1 aliphatic heterocycles. The second-order valence-electron chi connectivity index (χ2n) is 6.65. The van der Waals surface area contributed by atoms with Gasteiger partial charge < -0.3 is 9.72 Å². The van der Waals surface area contributed by atoms with Crippen LogP contribution in [0.2, 0.25) is 5.02 Å². The van der Waals surface area contributed by atoms with Crippen molar-refractivity contribution in [3.05, 3.63) is 58.4 Å². The van der Waals surface area contributed by atoms with Crippen molar-refractivity contribution in [1.82, 2.24) is 14.9 Å². The summed E-state index contributed by atoms with van der Waals surface area (Å²) >= 11 is 5.98. The number of rotatable bonds is 5. The third-order valence-electron chi connectivity index (χ3n) is 4.81. The van der Waals surface area contributed by atoms with Crippen molar-refractivity contribution < 1.29 is 4.74 Å². The molecular weight excluding hydrogens is 334 g/mol. The molecule has 25 heavy (non-hydrogen) atoms. The van der Waals surface area contributed by atoms with Gasteiger partial charge in [-0.15, -0.1) is 0 Å². The van der Waals surface area contributed by atoms with Crippen LogP contribution in [0, 0.1) is 0 Å². The van der Waals surface area contributed by atoms with Crippen molar-refractivity contribution in [2.75, 3.05) is 20.2 Å². The van der Waals surface area contributed by atoms with E-state index >= 15 is 0 Å². The van der Waals surface area contributed by atoms with E-state index in [1.165, 1.54) is 31.5 Å². The summed E-state index contributed by atoms with van der Waals surface area (Å²) in [5, 5.41) is 0.756. The number of nitrogens with zero attached hydrogens (tertiary/aromatic N) is 2. The van der Waals surface area contributed by atoms with Crippen LogP contribution in [0.4, 0.5) is 0 Å². The van der Waals surface area contributed by atoms with Gasteiger partial charge in [-0.3, -0.25) is 4.90 Å². The van der Waals surface area contributed by atoms with Crippen LogP contribution >= 0.6 is 11.6 Å². The standard InChI is InChI=1S/C20H22ClN3O/c1-25-19-12-18-17(22-20(23-18)13-24-8-2-3-9-24)11-15(19)10-14-4-6-16(21)7-5-14/h4-7,11-12H,2-3,8-10,13H2,1H3,(H,22,23). The maximum Gasteiger partial charge on any atom is 0.124 e. The van der Waals surface area contributed by atoms with E-state index < -0.39 is 0 Å². The zero-order valence-corrected chi connectivity index (χ0v) is 15.1. The number of nitrogens with one attached hydrogen (secondary N) is 1. The van der Waals surface area contributed by atoms with Crippen LogP contribution in [0.5, 0.6) is 5.75 Å². The monoisotopic (exact) mass is 355 g/mol. The summed E-state index contributed by atoms with van der Waals surface area (Å²) in [6.07, 6.45) is 3.38. The third-order valence-corrected chi connectivity index (χ3v) is 5.06. The summed E-state index contributed by atoms with van der Waals surface area (Å²) < 4.78 is 5.60. The zero-order valence-electron chi connectivity index (χ0n) is 14.4. The fourth-order valence-corrected chi connectivity index (χ4v) is 3.64. The minimum atomic E-state index is 0.756. The van der Waals surface area contributed by atoms with Crippen molar-refractivity contribution in [3.63, 3.8) is 0 Å². The quantitative estimate of drug-likeness (QED) is 0.737. The van der Waals surface area contributed by atoms with E-state index in [2.05, 4.69) is 28.1 Å². The Labute approximate surface area is 152 Å². The highest BCUT2D eigenvalue weighted by atomic mass is 35.5. The van der Waals surface area contributed by atoms with Gasteiger partial charge in [-0.25, -0.2) is 4.98 Å². The Morgan fingerprint density at radius 1 is 1.16 bits per heavy atom. The summed E-state index contributed by atoms with van der Waals surface area (Å²) in [4.78, 5) is 10.7. The first-order chi connectivity index (χ1) is 12.2. The molecule has 0 aliphatic carbocycles. The van der Waals surface area contributed by atoms with E-state index in [0.29, 0.717) is 0 Å². The second kappa shape index (κ2) is 7.06. The number of imidazole rings is 1. The molecule has 2 heterocycles. The maximum absolute atomic E-state index is 5.98. The van der Waals surface area contributed by atoms with Crippen molar-refractivity contribution in [1.29, 1.82) is 0 Å². The number of benzene rings is 2. The van der Waals surface area contributed by atoms with Gasteiger partial charge >= 0.3 is 0 Å². The lowest BCUT2D eigenvalue weighted by Crippen LogP contribution is -2.19. The molecule has 0 unspecified atom stereocenters. The number of H-pyrrole nitrogens is 1. The predicted molar refractivity (Wildman–Crippen MR) is 101 cm³/mol. The molecule has 3 aromatic rings. The Morgan fingerprint density at radius 2 is 1.92 bits per heavy atom. The number of hydrogen-bond acceptors (Lipinski definition) is 3. The van der Waals surface area contributed by atoms with Crippen LogP contribution in [0.3, 0.4) is 0 Å². The van der Waals surface area contributed by atoms with Gasteiger partial charge in [-0.2, -0.15) is 0 Å². The molecule has 0 bridgehead atoms. The number of ether oxygens (including phenoxy) is 1.